The molecule has 0 amide bonds. The molecule has 0 saturated carbocycles. The fourth-order valence-corrected chi connectivity index (χ4v) is 3.21. The minimum Gasteiger partial charge on any atom is -0.379 e. The normalized spacial score (nSPS) is 27.0. The predicted molar refractivity (Wildman–Crippen MR) is 79.6 cm³/mol. The highest BCUT2D eigenvalue weighted by Crippen LogP contribution is 2.11. The Kier molecular flexibility index (Phi) is 6.57. The summed E-state index contributed by atoms with van der Waals surface area (Å²) < 4.78 is 5.39. The van der Waals surface area contributed by atoms with Crippen molar-refractivity contribution in [3.63, 3.8) is 0 Å². The summed E-state index contributed by atoms with van der Waals surface area (Å²) in [5.74, 6) is 0. The molecule has 2 rings (SSSR count). The van der Waals surface area contributed by atoms with E-state index in [0.717, 1.165) is 26.3 Å². The van der Waals surface area contributed by atoms with Crippen molar-refractivity contribution in [2.75, 3.05) is 52.5 Å². The summed E-state index contributed by atoms with van der Waals surface area (Å²) >= 11 is 0. The van der Waals surface area contributed by atoms with Gasteiger partial charge in [-0.15, -0.1) is 0 Å². The van der Waals surface area contributed by atoms with Gasteiger partial charge in [0.25, 0.3) is 0 Å². The molecule has 0 aromatic carbocycles. The molecule has 2 saturated heterocycles. The molecule has 0 radical (unpaired) electrons. The van der Waals surface area contributed by atoms with Gasteiger partial charge in [0.15, 0.2) is 0 Å². The van der Waals surface area contributed by atoms with E-state index in [1.807, 2.05) is 0 Å². The summed E-state index contributed by atoms with van der Waals surface area (Å²) in [5, 5.41) is 3.68. The second-order valence-corrected chi connectivity index (χ2v) is 6.27. The lowest BCUT2D eigenvalue weighted by atomic mass is 10.0. The van der Waals surface area contributed by atoms with Crippen LogP contribution in [0.25, 0.3) is 0 Å². The molecular weight excluding hydrogens is 238 g/mol. The zero-order chi connectivity index (χ0) is 13.5. The lowest BCUT2D eigenvalue weighted by Gasteiger charge is -2.35. The highest BCUT2D eigenvalue weighted by Gasteiger charge is 2.20. The first-order valence-corrected chi connectivity index (χ1v) is 8.02. The van der Waals surface area contributed by atoms with Crippen LogP contribution < -0.4 is 5.32 Å². The van der Waals surface area contributed by atoms with Crippen LogP contribution in [0.15, 0.2) is 0 Å². The molecule has 0 aliphatic carbocycles. The van der Waals surface area contributed by atoms with Crippen molar-refractivity contribution in [2.45, 2.75) is 45.2 Å². The molecule has 2 aliphatic heterocycles. The SMILES string of the molecule is CC(C)NC1CCCN(CCCN2CCOCC2)C1. The number of rotatable bonds is 6. The predicted octanol–water partition coefficient (Wildman–Crippen LogP) is 1.17. The van der Waals surface area contributed by atoms with E-state index in [4.69, 9.17) is 4.74 Å². The smallest absolute Gasteiger partial charge is 0.0594 e. The van der Waals surface area contributed by atoms with Gasteiger partial charge in [-0.3, -0.25) is 4.90 Å². The lowest BCUT2D eigenvalue weighted by Crippen LogP contribution is -2.48. The number of hydrogen-bond donors (Lipinski definition) is 1. The van der Waals surface area contributed by atoms with Crippen LogP contribution in [0.1, 0.15) is 33.1 Å². The monoisotopic (exact) mass is 269 g/mol. The van der Waals surface area contributed by atoms with E-state index in [-0.39, 0.29) is 0 Å². The Morgan fingerprint density at radius 2 is 1.84 bits per heavy atom. The van der Waals surface area contributed by atoms with Gasteiger partial charge in [-0.2, -0.15) is 0 Å². The second kappa shape index (κ2) is 8.20. The third-order valence-corrected chi connectivity index (χ3v) is 4.13. The van der Waals surface area contributed by atoms with E-state index in [1.165, 1.54) is 45.4 Å². The molecule has 4 heteroatoms. The molecule has 1 atom stereocenters. The van der Waals surface area contributed by atoms with E-state index < -0.39 is 0 Å². The summed E-state index contributed by atoms with van der Waals surface area (Å²) in [5.41, 5.74) is 0. The van der Waals surface area contributed by atoms with Gasteiger partial charge in [-0.25, -0.2) is 0 Å². The van der Waals surface area contributed by atoms with E-state index >= 15 is 0 Å². The van der Waals surface area contributed by atoms with Gasteiger partial charge in [0.05, 0.1) is 13.2 Å². The Morgan fingerprint density at radius 3 is 2.58 bits per heavy atom. The van der Waals surface area contributed by atoms with Gasteiger partial charge in [0, 0.05) is 31.7 Å². The molecule has 1 N–H and O–H groups in total. The van der Waals surface area contributed by atoms with Crippen molar-refractivity contribution in [3.8, 4) is 0 Å². The summed E-state index contributed by atoms with van der Waals surface area (Å²) in [7, 11) is 0. The van der Waals surface area contributed by atoms with Crippen LogP contribution >= 0.6 is 0 Å². The number of likely N-dealkylation sites (tertiary alicyclic amines) is 1. The molecule has 2 fully saturated rings. The number of hydrogen-bond acceptors (Lipinski definition) is 4. The molecular formula is C15H31N3O. The Hall–Kier alpha value is -0.160. The quantitative estimate of drug-likeness (QED) is 0.783. The third kappa shape index (κ3) is 5.78. The molecule has 0 aromatic rings. The van der Waals surface area contributed by atoms with Gasteiger partial charge in [-0.05, 0) is 38.9 Å². The first-order chi connectivity index (χ1) is 9.24. The molecule has 0 spiro atoms. The van der Waals surface area contributed by atoms with Crippen LogP contribution in [0.4, 0.5) is 0 Å². The van der Waals surface area contributed by atoms with E-state index in [2.05, 4.69) is 29.0 Å². The Labute approximate surface area is 118 Å². The summed E-state index contributed by atoms with van der Waals surface area (Å²) in [4.78, 5) is 5.18. The van der Waals surface area contributed by atoms with Crippen LogP contribution in [0.5, 0.6) is 0 Å². The largest absolute Gasteiger partial charge is 0.379 e. The second-order valence-electron chi connectivity index (χ2n) is 6.27. The third-order valence-electron chi connectivity index (χ3n) is 4.13. The number of ether oxygens (including phenoxy) is 1. The van der Waals surface area contributed by atoms with E-state index in [9.17, 15) is 0 Å². The zero-order valence-electron chi connectivity index (χ0n) is 12.7. The zero-order valence-corrected chi connectivity index (χ0v) is 12.7. The number of nitrogens with zero attached hydrogens (tertiary/aromatic N) is 2. The average Bonchev–Trinajstić information content (AvgIpc) is 2.40. The highest BCUT2D eigenvalue weighted by atomic mass is 16.5. The Bertz CT molecular complexity index is 242. The van der Waals surface area contributed by atoms with Crippen molar-refractivity contribution in [1.82, 2.24) is 15.1 Å². The first kappa shape index (κ1) is 15.2. The maximum absolute atomic E-state index is 5.39. The summed E-state index contributed by atoms with van der Waals surface area (Å²) in [6.07, 6.45) is 3.99. The molecule has 2 aliphatic rings. The minimum atomic E-state index is 0.610. The van der Waals surface area contributed by atoms with Gasteiger partial charge in [0.1, 0.15) is 0 Å². The molecule has 1 unspecified atom stereocenters. The van der Waals surface area contributed by atoms with Crippen molar-refractivity contribution in [3.05, 3.63) is 0 Å². The average molecular weight is 269 g/mol. The molecule has 4 nitrogen and oxygen atoms in total. The minimum absolute atomic E-state index is 0.610. The topological polar surface area (TPSA) is 27.7 Å². The summed E-state index contributed by atoms with van der Waals surface area (Å²) in [6, 6.07) is 1.32. The highest BCUT2D eigenvalue weighted by molar-refractivity contribution is 4.79. The van der Waals surface area contributed by atoms with E-state index in [0.29, 0.717) is 12.1 Å². The van der Waals surface area contributed by atoms with Gasteiger partial charge < -0.3 is 15.0 Å². The molecule has 112 valence electrons. The van der Waals surface area contributed by atoms with Gasteiger partial charge in [-0.1, -0.05) is 13.8 Å². The van der Waals surface area contributed by atoms with Crippen molar-refractivity contribution >= 4 is 0 Å². The van der Waals surface area contributed by atoms with Crippen molar-refractivity contribution in [2.24, 2.45) is 0 Å². The first-order valence-electron chi connectivity index (χ1n) is 8.02. The van der Waals surface area contributed by atoms with Gasteiger partial charge >= 0.3 is 0 Å². The maximum Gasteiger partial charge on any atom is 0.0594 e. The fourth-order valence-electron chi connectivity index (χ4n) is 3.21. The van der Waals surface area contributed by atoms with E-state index in [1.54, 1.807) is 0 Å². The fraction of sp³-hybridized carbons (Fsp3) is 1.00. The van der Waals surface area contributed by atoms with Crippen LogP contribution in [-0.2, 0) is 4.74 Å². The molecule has 19 heavy (non-hydrogen) atoms. The molecule has 0 bridgehead atoms. The number of morpholine rings is 1. The van der Waals surface area contributed by atoms with Crippen LogP contribution in [-0.4, -0.2) is 74.4 Å². The number of nitrogens with one attached hydrogen (secondary N) is 1. The lowest BCUT2D eigenvalue weighted by molar-refractivity contribution is 0.0356. The Balaban J connectivity index is 1.59. The van der Waals surface area contributed by atoms with Crippen LogP contribution in [0.2, 0.25) is 0 Å². The maximum atomic E-state index is 5.39. The Morgan fingerprint density at radius 1 is 1.11 bits per heavy atom. The number of piperidine rings is 1. The van der Waals surface area contributed by atoms with Crippen molar-refractivity contribution < 1.29 is 4.74 Å². The van der Waals surface area contributed by atoms with Gasteiger partial charge in [0.2, 0.25) is 0 Å². The van der Waals surface area contributed by atoms with Crippen LogP contribution in [0.3, 0.4) is 0 Å². The molecule has 0 aromatic heterocycles. The van der Waals surface area contributed by atoms with Crippen LogP contribution in [0, 0.1) is 0 Å². The summed E-state index contributed by atoms with van der Waals surface area (Å²) in [6.45, 7) is 13.6. The van der Waals surface area contributed by atoms with Crippen molar-refractivity contribution in [1.29, 1.82) is 0 Å². The standard InChI is InChI=1S/C15H31N3O/c1-14(2)16-15-5-3-6-18(13-15)8-4-7-17-9-11-19-12-10-17/h14-16H,3-13H2,1-2H3. The molecule has 2 heterocycles.